The molecule has 1 aromatic heterocycles. The summed E-state index contributed by atoms with van der Waals surface area (Å²) in [5.41, 5.74) is 1.06. The minimum atomic E-state index is 0.653. The van der Waals surface area contributed by atoms with Crippen LogP contribution in [0.2, 0.25) is 5.02 Å². The molecule has 0 saturated carbocycles. The summed E-state index contributed by atoms with van der Waals surface area (Å²) in [6.07, 6.45) is 1.62. The monoisotopic (exact) mass is 331 g/mol. The van der Waals surface area contributed by atoms with Gasteiger partial charge in [0.25, 0.3) is 0 Å². The molecule has 3 rings (SSSR count). The zero-order valence-electron chi connectivity index (χ0n) is 13.4. The van der Waals surface area contributed by atoms with Crippen LogP contribution in [0.15, 0.2) is 36.7 Å². The highest BCUT2D eigenvalue weighted by Gasteiger charge is 2.17. The number of halogens is 1. The lowest BCUT2D eigenvalue weighted by Crippen LogP contribution is -2.46. The number of benzene rings is 1. The van der Waals surface area contributed by atoms with E-state index >= 15 is 0 Å². The van der Waals surface area contributed by atoms with E-state index in [4.69, 9.17) is 11.6 Å². The van der Waals surface area contributed by atoms with Crippen molar-refractivity contribution in [1.29, 1.82) is 0 Å². The molecular weight excluding hydrogens is 310 g/mol. The van der Waals surface area contributed by atoms with E-state index in [-0.39, 0.29) is 0 Å². The van der Waals surface area contributed by atoms with Crippen LogP contribution in [-0.4, -0.2) is 47.6 Å². The van der Waals surface area contributed by atoms with Gasteiger partial charge in [-0.15, -0.1) is 0 Å². The van der Waals surface area contributed by atoms with Crippen LogP contribution in [-0.2, 0) is 6.54 Å². The lowest BCUT2D eigenvalue weighted by molar-refractivity contribution is 0.270. The molecule has 1 aliphatic rings. The first-order valence-corrected chi connectivity index (χ1v) is 8.40. The smallest absolute Gasteiger partial charge is 0.134 e. The van der Waals surface area contributed by atoms with Crippen LogP contribution in [0.5, 0.6) is 0 Å². The molecule has 0 bridgehead atoms. The summed E-state index contributed by atoms with van der Waals surface area (Å²) in [7, 11) is 0. The van der Waals surface area contributed by atoms with E-state index in [2.05, 4.69) is 32.0 Å². The van der Waals surface area contributed by atoms with Gasteiger partial charge >= 0.3 is 0 Å². The van der Waals surface area contributed by atoms with Gasteiger partial charge in [0.05, 0.1) is 0 Å². The van der Waals surface area contributed by atoms with Crippen molar-refractivity contribution < 1.29 is 0 Å². The first-order chi connectivity index (χ1) is 11.3. The molecule has 0 radical (unpaired) electrons. The quantitative estimate of drug-likeness (QED) is 0.912. The molecule has 5 nitrogen and oxygen atoms in total. The number of rotatable bonds is 5. The molecule has 23 heavy (non-hydrogen) atoms. The second-order valence-corrected chi connectivity index (χ2v) is 6.03. The van der Waals surface area contributed by atoms with E-state index in [0.29, 0.717) is 6.54 Å². The summed E-state index contributed by atoms with van der Waals surface area (Å²) < 4.78 is 0. The second-order valence-electron chi connectivity index (χ2n) is 5.63. The third kappa shape index (κ3) is 4.12. The van der Waals surface area contributed by atoms with Crippen molar-refractivity contribution in [2.24, 2.45) is 0 Å². The topological polar surface area (TPSA) is 44.3 Å². The fraction of sp³-hybridized carbons (Fsp3) is 0.412. The van der Waals surface area contributed by atoms with Gasteiger partial charge in [-0.1, -0.05) is 36.7 Å². The summed E-state index contributed by atoms with van der Waals surface area (Å²) >= 11 is 6.19. The van der Waals surface area contributed by atoms with Crippen LogP contribution in [0, 0.1) is 0 Å². The fourth-order valence-corrected chi connectivity index (χ4v) is 2.94. The maximum absolute atomic E-state index is 6.19. The first-order valence-electron chi connectivity index (χ1n) is 8.03. The van der Waals surface area contributed by atoms with E-state index in [1.807, 2.05) is 30.3 Å². The molecule has 0 atom stereocenters. The summed E-state index contributed by atoms with van der Waals surface area (Å²) in [5, 5.41) is 4.10. The molecule has 0 unspecified atom stereocenters. The lowest BCUT2D eigenvalue weighted by atomic mass is 10.2. The molecule has 0 spiro atoms. The number of nitrogens with one attached hydrogen (secondary N) is 1. The molecule has 1 aliphatic heterocycles. The number of anilines is 2. The highest BCUT2D eigenvalue weighted by Crippen LogP contribution is 2.19. The van der Waals surface area contributed by atoms with E-state index in [1.165, 1.54) is 0 Å². The Bertz CT molecular complexity index is 640. The van der Waals surface area contributed by atoms with Crippen molar-refractivity contribution >= 4 is 23.2 Å². The summed E-state index contributed by atoms with van der Waals surface area (Å²) in [5.74, 6) is 1.81. The average Bonchev–Trinajstić information content (AvgIpc) is 2.61. The molecular formula is C17H22ClN5. The number of piperazine rings is 1. The lowest BCUT2D eigenvalue weighted by Gasteiger charge is -2.34. The van der Waals surface area contributed by atoms with E-state index in [0.717, 1.165) is 54.9 Å². The third-order valence-electron chi connectivity index (χ3n) is 4.21. The van der Waals surface area contributed by atoms with Crippen molar-refractivity contribution in [3.8, 4) is 0 Å². The molecule has 2 heterocycles. The first kappa shape index (κ1) is 16.0. The highest BCUT2D eigenvalue weighted by molar-refractivity contribution is 6.31. The molecule has 1 N–H and O–H groups in total. The van der Waals surface area contributed by atoms with Gasteiger partial charge in [0.1, 0.15) is 18.0 Å². The minimum absolute atomic E-state index is 0.653. The van der Waals surface area contributed by atoms with E-state index in [9.17, 15) is 0 Å². The molecule has 0 aliphatic carbocycles. The van der Waals surface area contributed by atoms with Crippen LogP contribution >= 0.6 is 11.6 Å². The van der Waals surface area contributed by atoms with Crippen molar-refractivity contribution in [2.75, 3.05) is 42.9 Å². The summed E-state index contributed by atoms with van der Waals surface area (Å²) in [6.45, 7) is 8.16. The Hall–Kier alpha value is -1.85. The minimum Gasteiger partial charge on any atom is -0.366 e. The van der Waals surface area contributed by atoms with Gasteiger partial charge in [-0.25, -0.2) is 9.97 Å². The maximum atomic E-state index is 6.19. The van der Waals surface area contributed by atoms with E-state index < -0.39 is 0 Å². The largest absolute Gasteiger partial charge is 0.366 e. The number of hydrogen-bond donors (Lipinski definition) is 1. The van der Waals surface area contributed by atoms with Crippen LogP contribution < -0.4 is 10.2 Å². The Morgan fingerprint density at radius 3 is 2.65 bits per heavy atom. The Labute approximate surface area is 142 Å². The predicted molar refractivity (Wildman–Crippen MR) is 95.1 cm³/mol. The van der Waals surface area contributed by atoms with Crippen LogP contribution in [0.25, 0.3) is 0 Å². The molecule has 1 aromatic carbocycles. The van der Waals surface area contributed by atoms with Crippen molar-refractivity contribution in [3.05, 3.63) is 47.2 Å². The Morgan fingerprint density at radius 2 is 1.91 bits per heavy atom. The zero-order valence-corrected chi connectivity index (χ0v) is 14.1. The zero-order chi connectivity index (χ0) is 16.1. The maximum Gasteiger partial charge on any atom is 0.134 e. The van der Waals surface area contributed by atoms with Crippen LogP contribution in [0.4, 0.5) is 11.6 Å². The van der Waals surface area contributed by atoms with Gasteiger partial charge in [0.2, 0.25) is 0 Å². The molecule has 1 saturated heterocycles. The van der Waals surface area contributed by atoms with Gasteiger partial charge < -0.3 is 15.1 Å². The van der Waals surface area contributed by atoms with E-state index in [1.54, 1.807) is 6.33 Å². The molecule has 6 heteroatoms. The fourth-order valence-electron chi connectivity index (χ4n) is 2.74. The highest BCUT2D eigenvalue weighted by atomic mass is 35.5. The third-order valence-corrected chi connectivity index (χ3v) is 4.58. The van der Waals surface area contributed by atoms with Crippen LogP contribution in [0.3, 0.4) is 0 Å². The van der Waals surface area contributed by atoms with Gasteiger partial charge in [-0.3, -0.25) is 0 Å². The molecule has 1 fully saturated rings. The van der Waals surface area contributed by atoms with Gasteiger partial charge in [0, 0.05) is 43.8 Å². The Kier molecular flexibility index (Phi) is 5.31. The van der Waals surface area contributed by atoms with Crippen molar-refractivity contribution in [2.45, 2.75) is 13.5 Å². The predicted octanol–water partition coefficient (Wildman–Crippen LogP) is 2.88. The normalized spacial score (nSPS) is 15.7. The number of hydrogen-bond acceptors (Lipinski definition) is 5. The number of aromatic nitrogens is 2. The number of likely N-dealkylation sites (N-methyl/N-ethyl adjacent to an activating group) is 1. The second kappa shape index (κ2) is 7.62. The van der Waals surface area contributed by atoms with Crippen LogP contribution in [0.1, 0.15) is 12.5 Å². The van der Waals surface area contributed by atoms with Crippen molar-refractivity contribution in [3.63, 3.8) is 0 Å². The van der Waals surface area contributed by atoms with Gasteiger partial charge in [-0.05, 0) is 18.2 Å². The standard InChI is InChI=1S/C17H22ClN5/c1-2-22-7-9-23(10-8-22)17-11-16(20-13-21-17)19-12-14-5-3-4-6-15(14)18/h3-6,11,13H,2,7-10,12H2,1H3,(H,19,20,21). The SMILES string of the molecule is CCN1CCN(c2cc(NCc3ccccc3Cl)ncn2)CC1. The Morgan fingerprint density at radius 1 is 1.13 bits per heavy atom. The Balaban J connectivity index is 1.63. The molecule has 122 valence electrons. The molecule has 0 amide bonds. The van der Waals surface area contributed by atoms with Gasteiger partial charge in [-0.2, -0.15) is 0 Å². The van der Waals surface area contributed by atoms with Crippen molar-refractivity contribution in [1.82, 2.24) is 14.9 Å². The average molecular weight is 332 g/mol. The molecule has 2 aromatic rings. The summed E-state index contributed by atoms with van der Waals surface area (Å²) in [6, 6.07) is 9.85. The summed E-state index contributed by atoms with van der Waals surface area (Å²) in [4.78, 5) is 13.5. The van der Waals surface area contributed by atoms with Gasteiger partial charge in [0.15, 0.2) is 0 Å². The number of nitrogens with zero attached hydrogens (tertiary/aromatic N) is 4.